The molecule has 3 rings (SSSR count). The average molecular weight is 350 g/mol. The van der Waals surface area contributed by atoms with Gasteiger partial charge in [-0.3, -0.25) is 4.98 Å². The summed E-state index contributed by atoms with van der Waals surface area (Å²) in [6.07, 6.45) is 4.51. The molecule has 2 aromatic heterocycles. The topological polar surface area (TPSA) is 99.7 Å². The Morgan fingerprint density at radius 2 is 2.15 bits per heavy atom. The fourth-order valence-electron chi connectivity index (χ4n) is 2.57. The molecule has 0 bridgehead atoms. The summed E-state index contributed by atoms with van der Waals surface area (Å²) < 4.78 is 14.3. The molecule has 0 atom stereocenters. The first-order chi connectivity index (χ1) is 12.6. The van der Waals surface area contributed by atoms with Gasteiger partial charge in [0, 0.05) is 54.8 Å². The molecular formula is C19H19FN6. The minimum atomic E-state index is -0.339. The van der Waals surface area contributed by atoms with Crippen LogP contribution < -0.4 is 16.4 Å². The van der Waals surface area contributed by atoms with Gasteiger partial charge in [-0.25, -0.2) is 9.37 Å². The van der Waals surface area contributed by atoms with Crippen molar-refractivity contribution in [1.82, 2.24) is 15.3 Å². The predicted molar refractivity (Wildman–Crippen MR) is 103 cm³/mol. The van der Waals surface area contributed by atoms with Crippen LogP contribution in [0.1, 0.15) is 11.3 Å². The van der Waals surface area contributed by atoms with Crippen LogP contribution in [-0.2, 0) is 6.54 Å². The molecule has 0 unspecified atom stereocenters. The molecule has 26 heavy (non-hydrogen) atoms. The zero-order chi connectivity index (χ0) is 18.5. The highest BCUT2D eigenvalue weighted by Gasteiger charge is 2.09. The molecule has 0 fully saturated rings. The third-order valence-electron chi connectivity index (χ3n) is 3.90. The van der Waals surface area contributed by atoms with E-state index in [9.17, 15) is 4.39 Å². The lowest BCUT2D eigenvalue weighted by atomic mass is 10.1. The van der Waals surface area contributed by atoms with Crippen LogP contribution in [0.3, 0.4) is 0 Å². The van der Waals surface area contributed by atoms with E-state index < -0.39 is 0 Å². The average Bonchev–Trinajstić information content (AvgIpc) is 2.65. The number of nitrogens with one attached hydrogen (secondary N) is 3. The van der Waals surface area contributed by atoms with E-state index in [2.05, 4.69) is 20.6 Å². The van der Waals surface area contributed by atoms with Crippen molar-refractivity contribution in [3.63, 3.8) is 0 Å². The van der Waals surface area contributed by atoms with Gasteiger partial charge in [-0.1, -0.05) is 6.07 Å². The summed E-state index contributed by atoms with van der Waals surface area (Å²) >= 11 is 0. The van der Waals surface area contributed by atoms with Gasteiger partial charge in [-0.05, 0) is 24.3 Å². The van der Waals surface area contributed by atoms with Crippen LogP contribution >= 0.6 is 0 Å². The summed E-state index contributed by atoms with van der Waals surface area (Å²) in [6.45, 7) is 0.229. The molecule has 0 aliphatic carbocycles. The van der Waals surface area contributed by atoms with Crippen LogP contribution in [0.15, 0.2) is 48.8 Å². The minimum Gasteiger partial charge on any atom is -0.396 e. The zero-order valence-electron chi connectivity index (χ0n) is 14.3. The van der Waals surface area contributed by atoms with Gasteiger partial charge in [0.25, 0.3) is 0 Å². The molecule has 6 nitrogen and oxygen atoms in total. The molecule has 132 valence electrons. The highest BCUT2D eigenvalue weighted by Crippen LogP contribution is 2.22. The summed E-state index contributed by atoms with van der Waals surface area (Å²) in [5.41, 5.74) is 8.74. The summed E-state index contributed by atoms with van der Waals surface area (Å²) in [7, 11) is 1.75. The molecule has 7 heteroatoms. The lowest BCUT2D eigenvalue weighted by Crippen LogP contribution is -2.08. The Morgan fingerprint density at radius 3 is 2.92 bits per heavy atom. The number of nitrogens with zero attached hydrogens (tertiary/aromatic N) is 2. The second-order valence-corrected chi connectivity index (χ2v) is 5.66. The number of rotatable bonds is 6. The maximum absolute atomic E-state index is 14.3. The predicted octanol–water partition coefficient (Wildman–Crippen LogP) is 3.17. The van der Waals surface area contributed by atoms with Gasteiger partial charge in [0.2, 0.25) is 0 Å². The molecule has 1 aromatic carbocycles. The van der Waals surface area contributed by atoms with E-state index in [0.717, 1.165) is 5.39 Å². The largest absolute Gasteiger partial charge is 0.396 e. The first-order valence-electron chi connectivity index (χ1n) is 8.04. The number of halogens is 1. The van der Waals surface area contributed by atoms with Crippen molar-refractivity contribution < 1.29 is 4.39 Å². The van der Waals surface area contributed by atoms with Gasteiger partial charge in [0.1, 0.15) is 11.6 Å². The van der Waals surface area contributed by atoms with E-state index in [1.54, 1.807) is 37.6 Å². The van der Waals surface area contributed by atoms with Crippen LogP contribution in [-0.4, -0.2) is 23.2 Å². The van der Waals surface area contributed by atoms with E-state index in [-0.39, 0.29) is 12.4 Å². The fourth-order valence-corrected chi connectivity index (χ4v) is 2.57. The minimum absolute atomic E-state index is 0.229. The third kappa shape index (κ3) is 3.61. The van der Waals surface area contributed by atoms with Crippen molar-refractivity contribution in [2.45, 2.75) is 6.54 Å². The molecule has 3 aromatic rings. The second kappa shape index (κ2) is 7.60. The molecule has 0 aliphatic rings. The number of hydrogen-bond donors (Lipinski definition) is 4. The fraction of sp³-hybridized carbons (Fsp3) is 0.105. The van der Waals surface area contributed by atoms with Crippen molar-refractivity contribution in [3.8, 4) is 0 Å². The van der Waals surface area contributed by atoms with Crippen molar-refractivity contribution in [1.29, 1.82) is 5.41 Å². The Morgan fingerprint density at radius 1 is 1.31 bits per heavy atom. The maximum atomic E-state index is 14.3. The molecule has 0 amide bonds. The van der Waals surface area contributed by atoms with Crippen LogP contribution in [0.4, 0.5) is 15.9 Å². The standard InChI is InChI=1S/C19H19FN6/c1-23-10-14(9-21)17-5-4-16(22)19(26-17)25-11-13-7-12-3-2-6-24-18(12)8-15(13)20/h2-10,21,23H,11,22H2,1H3,(H,25,26)/b14-10+,21-9?. The molecule has 0 spiro atoms. The number of nitrogen functional groups attached to an aromatic ring is 1. The van der Waals surface area contributed by atoms with Gasteiger partial charge >= 0.3 is 0 Å². The SMILES string of the molecule is CN/C=C(\C=N)c1ccc(N)c(NCc2cc3cccnc3cc2F)n1. The van der Waals surface area contributed by atoms with Crippen LogP contribution in [0.25, 0.3) is 16.5 Å². The van der Waals surface area contributed by atoms with Gasteiger partial charge in [-0.15, -0.1) is 0 Å². The Hall–Kier alpha value is -3.48. The quantitative estimate of drug-likeness (QED) is 0.512. The number of benzene rings is 1. The molecule has 2 heterocycles. The maximum Gasteiger partial charge on any atom is 0.150 e. The Labute approximate surface area is 150 Å². The molecule has 0 radical (unpaired) electrons. The molecular weight excluding hydrogens is 331 g/mol. The van der Waals surface area contributed by atoms with Gasteiger partial charge in [-0.2, -0.15) is 0 Å². The van der Waals surface area contributed by atoms with E-state index in [0.29, 0.717) is 33.9 Å². The highest BCUT2D eigenvalue weighted by atomic mass is 19.1. The van der Waals surface area contributed by atoms with Gasteiger partial charge in [0.05, 0.1) is 16.9 Å². The highest BCUT2D eigenvalue weighted by molar-refractivity contribution is 6.07. The third-order valence-corrected chi connectivity index (χ3v) is 3.90. The molecule has 0 aliphatic heterocycles. The van der Waals surface area contributed by atoms with Crippen molar-refractivity contribution in [2.75, 3.05) is 18.1 Å². The summed E-state index contributed by atoms with van der Waals surface area (Å²) in [4.78, 5) is 8.59. The van der Waals surface area contributed by atoms with Gasteiger partial charge in [0.15, 0.2) is 0 Å². The monoisotopic (exact) mass is 350 g/mol. The van der Waals surface area contributed by atoms with E-state index in [1.807, 2.05) is 12.1 Å². The summed E-state index contributed by atoms with van der Waals surface area (Å²) in [5.74, 6) is 0.103. The van der Waals surface area contributed by atoms with Crippen molar-refractivity contribution in [2.24, 2.45) is 0 Å². The number of anilines is 2. The normalized spacial score (nSPS) is 11.4. The Bertz CT molecular complexity index is 983. The number of allylic oxidation sites excluding steroid dienone is 1. The summed E-state index contributed by atoms with van der Waals surface area (Å²) in [5, 5.41) is 14.3. The second-order valence-electron chi connectivity index (χ2n) is 5.66. The first kappa shape index (κ1) is 17.3. The van der Waals surface area contributed by atoms with Gasteiger partial charge < -0.3 is 21.8 Å². The number of hydrogen-bond acceptors (Lipinski definition) is 6. The van der Waals surface area contributed by atoms with Crippen LogP contribution in [0, 0.1) is 11.2 Å². The van der Waals surface area contributed by atoms with E-state index in [4.69, 9.17) is 11.1 Å². The lowest BCUT2D eigenvalue weighted by molar-refractivity contribution is 0.614. The zero-order valence-corrected chi connectivity index (χ0v) is 14.3. The van der Waals surface area contributed by atoms with E-state index in [1.165, 1.54) is 12.3 Å². The molecule has 0 saturated heterocycles. The smallest absolute Gasteiger partial charge is 0.150 e. The number of nitrogens with two attached hydrogens (primary N) is 1. The Balaban J connectivity index is 1.86. The Kier molecular flexibility index (Phi) is 5.07. The number of aromatic nitrogens is 2. The van der Waals surface area contributed by atoms with E-state index >= 15 is 0 Å². The number of fused-ring (bicyclic) bond motifs is 1. The number of pyridine rings is 2. The summed E-state index contributed by atoms with van der Waals surface area (Å²) in [6, 6.07) is 10.3. The molecule has 0 saturated carbocycles. The van der Waals surface area contributed by atoms with Crippen LogP contribution in [0.5, 0.6) is 0 Å². The van der Waals surface area contributed by atoms with Crippen molar-refractivity contribution in [3.05, 3.63) is 65.9 Å². The lowest BCUT2D eigenvalue weighted by Gasteiger charge is -2.12. The first-order valence-corrected chi connectivity index (χ1v) is 8.04. The van der Waals surface area contributed by atoms with Crippen LogP contribution in [0.2, 0.25) is 0 Å². The molecule has 5 N–H and O–H groups in total. The van der Waals surface area contributed by atoms with Crippen molar-refractivity contribution >= 4 is 34.2 Å².